The molecule has 144 valence electrons. The van der Waals surface area contributed by atoms with Crippen LogP contribution >= 0.6 is 27.7 Å². The lowest BCUT2D eigenvalue weighted by Gasteiger charge is -2.28. The van der Waals surface area contributed by atoms with Gasteiger partial charge in [0.1, 0.15) is 6.04 Å². The average molecular weight is 449 g/mol. The van der Waals surface area contributed by atoms with E-state index in [4.69, 9.17) is 0 Å². The van der Waals surface area contributed by atoms with Crippen molar-refractivity contribution in [3.05, 3.63) is 69.7 Å². The summed E-state index contributed by atoms with van der Waals surface area (Å²) in [7, 11) is 1.59. The number of aryl methyl sites for hydroxylation is 1. The number of amides is 2. The maximum Gasteiger partial charge on any atom is 0.242 e. The van der Waals surface area contributed by atoms with Crippen molar-refractivity contribution in [2.45, 2.75) is 32.2 Å². The number of nitrogens with zero attached hydrogens (tertiary/aromatic N) is 1. The molecule has 27 heavy (non-hydrogen) atoms. The lowest BCUT2D eigenvalue weighted by molar-refractivity contribution is -0.138. The Hall–Kier alpha value is -1.79. The molecule has 4 nitrogen and oxygen atoms in total. The van der Waals surface area contributed by atoms with E-state index in [0.717, 1.165) is 15.8 Å². The van der Waals surface area contributed by atoms with Crippen molar-refractivity contribution >= 4 is 39.5 Å². The summed E-state index contributed by atoms with van der Waals surface area (Å²) in [6.07, 6.45) is 0. The fraction of sp³-hybridized carbons (Fsp3) is 0.333. The van der Waals surface area contributed by atoms with Crippen LogP contribution in [-0.4, -0.2) is 35.6 Å². The van der Waals surface area contributed by atoms with Crippen molar-refractivity contribution < 1.29 is 9.59 Å². The van der Waals surface area contributed by atoms with Crippen LogP contribution in [0.25, 0.3) is 0 Å². The van der Waals surface area contributed by atoms with Crippen LogP contribution in [0.3, 0.4) is 0 Å². The van der Waals surface area contributed by atoms with Crippen molar-refractivity contribution in [3.8, 4) is 0 Å². The van der Waals surface area contributed by atoms with Crippen LogP contribution in [0.4, 0.5) is 0 Å². The summed E-state index contributed by atoms with van der Waals surface area (Å²) in [5.41, 5.74) is 3.41. The molecule has 0 aromatic heterocycles. The molecular weight excluding hydrogens is 424 g/mol. The van der Waals surface area contributed by atoms with Crippen LogP contribution in [0.2, 0.25) is 0 Å². The zero-order chi connectivity index (χ0) is 19.8. The van der Waals surface area contributed by atoms with Gasteiger partial charge >= 0.3 is 0 Å². The predicted octanol–water partition coefficient (Wildman–Crippen LogP) is 4.15. The second-order valence-corrected chi connectivity index (χ2v) is 8.32. The van der Waals surface area contributed by atoms with Gasteiger partial charge in [0.25, 0.3) is 0 Å². The number of thioether (sulfide) groups is 1. The molecule has 0 aliphatic heterocycles. The summed E-state index contributed by atoms with van der Waals surface area (Å²) in [5.74, 6) is 0.910. The number of carbonyl (C=O) groups is 2. The van der Waals surface area contributed by atoms with Gasteiger partial charge in [0.05, 0.1) is 5.75 Å². The summed E-state index contributed by atoms with van der Waals surface area (Å²) in [6.45, 7) is 4.23. The second-order valence-electron chi connectivity index (χ2n) is 6.42. The molecule has 2 aromatic carbocycles. The largest absolute Gasteiger partial charge is 0.357 e. The van der Waals surface area contributed by atoms with E-state index in [0.29, 0.717) is 12.3 Å². The van der Waals surface area contributed by atoms with E-state index in [1.165, 1.54) is 11.1 Å². The van der Waals surface area contributed by atoms with Gasteiger partial charge < -0.3 is 10.2 Å². The molecule has 1 N–H and O–H groups in total. The van der Waals surface area contributed by atoms with Gasteiger partial charge in [-0.25, -0.2) is 0 Å². The Balaban J connectivity index is 2.02. The standard InChI is InChI=1S/C21H25BrN2O2S/c1-15-4-6-18(7-5-15)13-27-14-20(25)24(16(2)21(26)23-3)12-17-8-10-19(22)11-9-17/h4-11,16H,12-14H2,1-3H3,(H,23,26). The van der Waals surface area contributed by atoms with Crippen molar-refractivity contribution in [1.29, 1.82) is 0 Å². The minimum Gasteiger partial charge on any atom is -0.357 e. The third-order valence-corrected chi connectivity index (χ3v) is 5.81. The number of nitrogens with one attached hydrogen (secondary N) is 1. The monoisotopic (exact) mass is 448 g/mol. The molecule has 2 amide bonds. The molecule has 0 aliphatic rings. The molecule has 0 radical (unpaired) electrons. The highest BCUT2D eigenvalue weighted by atomic mass is 79.9. The summed E-state index contributed by atoms with van der Waals surface area (Å²) >= 11 is 4.98. The molecule has 0 heterocycles. The number of carbonyl (C=O) groups excluding carboxylic acids is 2. The van der Waals surface area contributed by atoms with E-state index < -0.39 is 6.04 Å². The lowest BCUT2D eigenvalue weighted by Crippen LogP contribution is -2.47. The minimum absolute atomic E-state index is 0.0360. The van der Waals surface area contributed by atoms with Gasteiger partial charge in [-0.3, -0.25) is 9.59 Å². The topological polar surface area (TPSA) is 49.4 Å². The Morgan fingerprint density at radius 3 is 2.26 bits per heavy atom. The molecule has 2 aromatic rings. The molecule has 0 saturated heterocycles. The third kappa shape index (κ3) is 6.70. The van der Waals surface area contributed by atoms with Gasteiger partial charge in [-0.15, -0.1) is 11.8 Å². The fourth-order valence-electron chi connectivity index (χ4n) is 2.60. The minimum atomic E-state index is -0.522. The maximum atomic E-state index is 12.8. The van der Waals surface area contributed by atoms with Crippen molar-refractivity contribution in [2.24, 2.45) is 0 Å². The first kappa shape index (κ1) is 21.5. The van der Waals surface area contributed by atoms with E-state index in [1.54, 1.807) is 30.6 Å². The highest BCUT2D eigenvalue weighted by Crippen LogP contribution is 2.17. The third-order valence-electron chi connectivity index (χ3n) is 4.29. The molecule has 0 aliphatic carbocycles. The van der Waals surface area contributed by atoms with E-state index >= 15 is 0 Å². The van der Waals surface area contributed by atoms with Crippen LogP contribution in [0.1, 0.15) is 23.6 Å². The first-order valence-corrected chi connectivity index (χ1v) is 10.7. The number of hydrogen-bond donors (Lipinski definition) is 1. The molecule has 0 spiro atoms. The van der Waals surface area contributed by atoms with E-state index in [-0.39, 0.29) is 11.8 Å². The smallest absolute Gasteiger partial charge is 0.242 e. The first-order chi connectivity index (χ1) is 12.9. The highest BCUT2D eigenvalue weighted by molar-refractivity contribution is 9.10. The molecule has 1 unspecified atom stereocenters. The van der Waals surface area contributed by atoms with Crippen LogP contribution < -0.4 is 5.32 Å². The van der Waals surface area contributed by atoms with Gasteiger partial charge in [-0.2, -0.15) is 0 Å². The fourth-order valence-corrected chi connectivity index (χ4v) is 3.74. The van der Waals surface area contributed by atoms with Gasteiger partial charge in [0.15, 0.2) is 0 Å². The Labute approximate surface area is 173 Å². The van der Waals surface area contributed by atoms with Crippen LogP contribution in [0, 0.1) is 6.92 Å². The normalized spacial score (nSPS) is 11.7. The molecule has 0 saturated carbocycles. The summed E-state index contributed by atoms with van der Waals surface area (Å²) in [4.78, 5) is 26.6. The zero-order valence-electron chi connectivity index (χ0n) is 15.9. The molecule has 0 bridgehead atoms. The van der Waals surface area contributed by atoms with Crippen LogP contribution in [0.15, 0.2) is 53.0 Å². The zero-order valence-corrected chi connectivity index (χ0v) is 18.3. The second kappa shape index (κ2) is 10.5. The summed E-state index contributed by atoms with van der Waals surface area (Å²) in [6, 6.07) is 15.6. The van der Waals surface area contributed by atoms with Crippen LogP contribution in [-0.2, 0) is 21.9 Å². The number of hydrogen-bond acceptors (Lipinski definition) is 3. The number of likely N-dealkylation sites (N-methyl/N-ethyl adjacent to an activating group) is 1. The number of rotatable bonds is 8. The SMILES string of the molecule is CNC(=O)C(C)N(Cc1ccc(Br)cc1)C(=O)CSCc1ccc(C)cc1. The summed E-state index contributed by atoms with van der Waals surface area (Å²) in [5, 5.41) is 2.64. The Kier molecular flexibility index (Phi) is 8.38. The average Bonchev–Trinajstić information content (AvgIpc) is 2.67. The Morgan fingerprint density at radius 1 is 1.07 bits per heavy atom. The van der Waals surface area contributed by atoms with Gasteiger partial charge in [-0.1, -0.05) is 57.9 Å². The van der Waals surface area contributed by atoms with E-state index in [9.17, 15) is 9.59 Å². The van der Waals surface area contributed by atoms with E-state index in [2.05, 4.69) is 52.4 Å². The highest BCUT2D eigenvalue weighted by Gasteiger charge is 2.25. The number of benzene rings is 2. The molecule has 1 atom stereocenters. The molecule has 6 heteroatoms. The van der Waals surface area contributed by atoms with Crippen molar-refractivity contribution in [2.75, 3.05) is 12.8 Å². The van der Waals surface area contributed by atoms with Crippen molar-refractivity contribution in [1.82, 2.24) is 10.2 Å². The number of halogens is 1. The van der Waals surface area contributed by atoms with Crippen LogP contribution in [0.5, 0.6) is 0 Å². The van der Waals surface area contributed by atoms with Gasteiger partial charge in [0, 0.05) is 23.8 Å². The lowest BCUT2D eigenvalue weighted by atomic mass is 10.1. The maximum absolute atomic E-state index is 12.8. The molecular formula is C21H25BrN2O2S. The summed E-state index contributed by atoms with van der Waals surface area (Å²) < 4.78 is 0.983. The molecule has 0 fully saturated rings. The van der Waals surface area contributed by atoms with E-state index in [1.807, 2.05) is 24.3 Å². The van der Waals surface area contributed by atoms with Crippen molar-refractivity contribution in [3.63, 3.8) is 0 Å². The predicted molar refractivity (Wildman–Crippen MR) is 116 cm³/mol. The molecule has 2 rings (SSSR count). The Bertz CT molecular complexity index is 763. The quantitative estimate of drug-likeness (QED) is 0.659. The van der Waals surface area contributed by atoms with Gasteiger partial charge in [0.2, 0.25) is 11.8 Å². The van der Waals surface area contributed by atoms with Gasteiger partial charge in [-0.05, 0) is 37.1 Å². The Morgan fingerprint density at radius 2 is 1.67 bits per heavy atom. The first-order valence-electron chi connectivity index (χ1n) is 8.79.